The molecule has 0 saturated heterocycles. The molecule has 2 aromatic carbocycles. The van der Waals surface area contributed by atoms with Crippen LogP contribution in [-0.2, 0) is 10.0 Å². The SMILES string of the molecule is Cc1ccc(S(=O)(=O)Nc2ccc(Br)cc2C)cc1N. The van der Waals surface area contributed by atoms with Crippen molar-refractivity contribution in [3.05, 3.63) is 52.0 Å². The molecule has 0 radical (unpaired) electrons. The zero-order valence-electron chi connectivity index (χ0n) is 11.1. The van der Waals surface area contributed by atoms with E-state index in [4.69, 9.17) is 5.73 Å². The fraction of sp³-hybridized carbons (Fsp3) is 0.143. The number of halogens is 1. The molecule has 0 atom stereocenters. The normalized spacial score (nSPS) is 11.3. The molecular formula is C14H15BrN2O2S. The molecule has 0 amide bonds. The molecule has 0 bridgehead atoms. The molecule has 0 aromatic heterocycles. The van der Waals surface area contributed by atoms with E-state index in [2.05, 4.69) is 20.7 Å². The van der Waals surface area contributed by atoms with Crippen LogP contribution in [0.1, 0.15) is 11.1 Å². The third-order valence-electron chi connectivity index (χ3n) is 2.99. The Labute approximate surface area is 127 Å². The van der Waals surface area contributed by atoms with Gasteiger partial charge in [-0.15, -0.1) is 0 Å². The van der Waals surface area contributed by atoms with Gasteiger partial charge >= 0.3 is 0 Å². The van der Waals surface area contributed by atoms with E-state index in [0.29, 0.717) is 11.4 Å². The van der Waals surface area contributed by atoms with E-state index in [0.717, 1.165) is 15.6 Å². The number of rotatable bonds is 3. The van der Waals surface area contributed by atoms with Gasteiger partial charge in [-0.2, -0.15) is 0 Å². The molecule has 106 valence electrons. The van der Waals surface area contributed by atoms with Crippen LogP contribution < -0.4 is 10.5 Å². The highest BCUT2D eigenvalue weighted by atomic mass is 79.9. The number of anilines is 2. The molecule has 0 aliphatic heterocycles. The number of sulfonamides is 1. The molecule has 0 spiro atoms. The summed E-state index contributed by atoms with van der Waals surface area (Å²) in [6.45, 7) is 3.67. The van der Waals surface area contributed by atoms with E-state index in [-0.39, 0.29) is 4.90 Å². The second kappa shape index (κ2) is 5.46. The van der Waals surface area contributed by atoms with E-state index in [1.165, 1.54) is 6.07 Å². The number of benzene rings is 2. The van der Waals surface area contributed by atoms with Crippen molar-refractivity contribution in [2.75, 3.05) is 10.5 Å². The van der Waals surface area contributed by atoms with Gasteiger partial charge in [0, 0.05) is 10.2 Å². The van der Waals surface area contributed by atoms with Crippen LogP contribution in [0.15, 0.2) is 45.8 Å². The molecule has 0 aliphatic carbocycles. The van der Waals surface area contributed by atoms with Crippen molar-refractivity contribution in [1.82, 2.24) is 0 Å². The van der Waals surface area contributed by atoms with Crippen LogP contribution in [0, 0.1) is 13.8 Å². The van der Waals surface area contributed by atoms with Gasteiger partial charge < -0.3 is 5.73 Å². The van der Waals surface area contributed by atoms with Crippen LogP contribution in [-0.4, -0.2) is 8.42 Å². The van der Waals surface area contributed by atoms with Crippen molar-refractivity contribution in [2.24, 2.45) is 0 Å². The lowest BCUT2D eigenvalue weighted by Gasteiger charge is -2.12. The third kappa shape index (κ3) is 3.13. The highest BCUT2D eigenvalue weighted by Crippen LogP contribution is 2.24. The van der Waals surface area contributed by atoms with Crippen molar-refractivity contribution in [1.29, 1.82) is 0 Å². The summed E-state index contributed by atoms with van der Waals surface area (Å²) in [4.78, 5) is 0.155. The Hall–Kier alpha value is -1.53. The molecule has 0 saturated carbocycles. The van der Waals surface area contributed by atoms with E-state index in [1.54, 1.807) is 24.3 Å². The molecule has 6 heteroatoms. The molecule has 2 aromatic rings. The first kappa shape index (κ1) is 14.9. The van der Waals surface area contributed by atoms with Gasteiger partial charge in [0.05, 0.1) is 10.6 Å². The molecule has 0 heterocycles. The van der Waals surface area contributed by atoms with Crippen molar-refractivity contribution >= 4 is 37.3 Å². The van der Waals surface area contributed by atoms with Gasteiger partial charge in [0.2, 0.25) is 0 Å². The number of hydrogen-bond donors (Lipinski definition) is 2. The maximum Gasteiger partial charge on any atom is 0.261 e. The minimum absolute atomic E-state index is 0.155. The Bertz CT molecular complexity index is 758. The van der Waals surface area contributed by atoms with E-state index in [9.17, 15) is 8.42 Å². The standard InChI is InChI=1S/C14H15BrN2O2S/c1-9-3-5-12(8-13(9)16)20(18,19)17-14-6-4-11(15)7-10(14)2/h3-8,17H,16H2,1-2H3. The predicted octanol–water partition coefficient (Wildman–Crippen LogP) is 3.45. The number of nitrogen functional groups attached to an aromatic ring is 1. The Kier molecular flexibility index (Phi) is 4.06. The maximum absolute atomic E-state index is 12.3. The molecule has 0 aliphatic rings. The Morgan fingerprint density at radius 1 is 1.05 bits per heavy atom. The monoisotopic (exact) mass is 354 g/mol. The second-order valence-electron chi connectivity index (χ2n) is 4.58. The number of nitrogens with one attached hydrogen (secondary N) is 1. The van der Waals surface area contributed by atoms with Crippen LogP contribution in [0.3, 0.4) is 0 Å². The lowest BCUT2D eigenvalue weighted by Crippen LogP contribution is -2.14. The highest BCUT2D eigenvalue weighted by Gasteiger charge is 2.16. The van der Waals surface area contributed by atoms with Crippen LogP contribution in [0.2, 0.25) is 0 Å². The minimum Gasteiger partial charge on any atom is -0.398 e. The largest absolute Gasteiger partial charge is 0.398 e. The van der Waals surface area contributed by atoms with Gasteiger partial charge in [-0.25, -0.2) is 8.42 Å². The molecule has 0 unspecified atom stereocenters. The van der Waals surface area contributed by atoms with Crippen LogP contribution >= 0.6 is 15.9 Å². The summed E-state index contributed by atoms with van der Waals surface area (Å²) in [5.41, 5.74) is 8.46. The highest BCUT2D eigenvalue weighted by molar-refractivity contribution is 9.10. The average Bonchev–Trinajstić information content (AvgIpc) is 2.36. The summed E-state index contributed by atoms with van der Waals surface area (Å²) in [6, 6.07) is 10.1. The van der Waals surface area contributed by atoms with Gasteiger partial charge in [0.15, 0.2) is 0 Å². The molecule has 0 fully saturated rings. The lowest BCUT2D eigenvalue weighted by molar-refractivity contribution is 0.601. The summed E-state index contributed by atoms with van der Waals surface area (Å²) in [6.07, 6.45) is 0. The van der Waals surface area contributed by atoms with Crippen LogP contribution in [0.5, 0.6) is 0 Å². The van der Waals surface area contributed by atoms with Gasteiger partial charge in [0.1, 0.15) is 0 Å². The van der Waals surface area contributed by atoms with Crippen LogP contribution in [0.25, 0.3) is 0 Å². The topological polar surface area (TPSA) is 72.2 Å². The average molecular weight is 355 g/mol. The third-order valence-corrected chi connectivity index (χ3v) is 4.85. The molecule has 3 N–H and O–H groups in total. The zero-order valence-corrected chi connectivity index (χ0v) is 13.5. The van der Waals surface area contributed by atoms with E-state index < -0.39 is 10.0 Å². The molecular weight excluding hydrogens is 340 g/mol. The Morgan fingerprint density at radius 2 is 1.75 bits per heavy atom. The number of nitrogens with two attached hydrogens (primary N) is 1. The van der Waals surface area contributed by atoms with Gasteiger partial charge in [0.25, 0.3) is 10.0 Å². The van der Waals surface area contributed by atoms with Gasteiger partial charge in [-0.05, 0) is 55.3 Å². The van der Waals surface area contributed by atoms with Crippen molar-refractivity contribution in [3.8, 4) is 0 Å². The van der Waals surface area contributed by atoms with Gasteiger partial charge in [-0.1, -0.05) is 22.0 Å². The van der Waals surface area contributed by atoms with Crippen molar-refractivity contribution in [2.45, 2.75) is 18.7 Å². The Morgan fingerprint density at radius 3 is 2.35 bits per heavy atom. The van der Waals surface area contributed by atoms with Crippen molar-refractivity contribution < 1.29 is 8.42 Å². The zero-order chi connectivity index (χ0) is 14.9. The minimum atomic E-state index is -3.63. The summed E-state index contributed by atoms with van der Waals surface area (Å²) in [5.74, 6) is 0. The lowest BCUT2D eigenvalue weighted by atomic mass is 10.2. The summed E-state index contributed by atoms with van der Waals surface area (Å²) in [5, 5.41) is 0. The second-order valence-corrected chi connectivity index (χ2v) is 7.18. The molecule has 2 rings (SSSR count). The number of aryl methyl sites for hydroxylation is 2. The van der Waals surface area contributed by atoms with E-state index in [1.807, 2.05) is 19.9 Å². The quantitative estimate of drug-likeness (QED) is 0.829. The fourth-order valence-electron chi connectivity index (χ4n) is 1.73. The fourth-order valence-corrected chi connectivity index (χ4v) is 3.37. The molecule has 4 nitrogen and oxygen atoms in total. The Balaban J connectivity index is 2.38. The summed E-state index contributed by atoms with van der Waals surface area (Å²) < 4.78 is 28.1. The first-order valence-electron chi connectivity index (χ1n) is 5.95. The van der Waals surface area contributed by atoms with Gasteiger partial charge in [-0.3, -0.25) is 4.72 Å². The number of hydrogen-bond acceptors (Lipinski definition) is 3. The first-order valence-corrected chi connectivity index (χ1v) is 8.22. The maximum atomic E-state index is 12.3. The van der Waals surface area contributed by atoms with Crippen molar-refractivity contribution in [3.63, 3.8) is 0 Å². The van der Waals surface area contributed by atoms with Crippen LogP contribution in [0.4, 0.5) is 11.4 Å². The molecule has 20 heavy (non-hydrogen) atoms. The smallest absolute Gasteiger partial charge is 0.261 e. The van der Waals surface area contributed by atoms with E-state index >= 15 is 0 Å². The first-order chi connectivity index (χ1) is 9.29. The summed E-state index contributed by atoms with van der Waals surface area (Å²) in [7, 11) is -3.63. The predicted molar refractivity (Wildman–Crippen MR) is 85.3 cm³/mol. The summed E-state index contributed by atoms with van der Waals surface area (Å²) >= 11 is 3.34.